The standard InChI is InChI=1S/C5H10N4OS/c1-4-6-5(8-7-4)9-11(2,3)10/h1-3H3,(H,6,7,8). The zero-order chi connectivity index (χ0) is 8.48. The maximum Gasteiger partial charge on any atom is 0.276 e. The van der Waals surface area contributed by atoms with Gasteiger partial charge in [-0.1, -0.05) is 0 Å². The maximum absolute atomic E-state index is 11.1. The van der Waals surface area contributed by atoms with Crippen molar-refractivity contribution in [2.24, 2.45) is 4.36 Å². The summed E-state index contributed by atoms with van der Waals surface area (Å²) >= 11 is 0. The Balaban J connectivity index is 3.07. The zero-order valence-corrected chi connectivity index (χ0v) is 7.47. The third kappa shape index (κ3) is 2.67. The first kappa shape index (κ1) is 8.19. The second kappa shape index (κ2) is 2.61. The molecule has 0 aliphatic heterocycles. The molecular formula is C5H10N4OS. The molecule has 0 saturated heterocycles. The third-order valence-electron chi connectivity index (χ3n) is 0.887. The van der Waals surface area contributed by atoms with E-state index >= 15 is 0 Å². The van der Waals surface area contributed by atoms with Gasteiger partial charge in [0.25, 0.3) is 5.95 Å². The van der Waals surface area contributed by atoms with Crippen LogP contribution in [-0.2, 0) is 9.73 Å². The van der Waals surface area contributed by atoms with Gasteiger partial charge in [-0.2, -0.15) is 9.35 Å². The number of nitrogens with one attached hydrogen (secondary N) is 1. The molecule has 0 bridgehead atoms. The normalized spacial score (nSPS) is 11.5. The second-order valence-electron chi connectivity index (χ2n) is 2.49. The summed E-state index contributed by atoms with van der Waals surface area (Å²) in [6, 6.07) is 0. The molecule has 1 aromatic rings. The van der Waals surface area contributed by atoms with Crippen LogP contribution in [0.4, 0.5) is 5.95 Å². The average Bonchev–Trinajstić information content (AvgIpc) is 2.10. The van der Waals surface area contributed by atoms with Crippen LogP contribution in [0.3, 0.4) is 0 Å². The molecule has 0 unspecified atom stereocenters. The number of hydrogen-bond acceptors (Lipinski definition) is 4. The maximum atomic E-state index is 11.1. The monoisotopic (exact) mass is 174 g/mol. The summed E-state index contributed by atoms with van der Waals surface area (Å²) in [5.41, 5.74) is 0. The molecule has 1 rings (SSSR count). The largest absolute Gasteiger partial charge is 0.276 e. The molecule has 62 valence electrons. The summed E-state index contributed by atoms with van der Waals surface area (Å²) < 4.78 is 14.9. The van der Waals surface area contributed by atoms with Crippen molar-refractivity contribution in [2.75, 3.05) is 12.5 Å². The van der Waals surface area contributed by atoms with E-state index in [0.29, 0.717) is 5.82 Å². The van der Waals surface area contributed by atoms with Gasteiger partial charge >= 0.3 is 0 Å². The van der Waals surface area contributed by atoms with E-state index in [0.717, 1.165) is 0 Å². The molecule has 0 spiro atoms. The number of rotatable bonds is 1. The van der Waals surface area contributed by atoms with Crippen molar-refractivity contribution in [3.63, 3.8) is 0 Å². The number of H-pyrrole nitrogens is 1. The Labute approximate surface area is 65.4 Å². The van der Waals surface area contributed by atoms with Crippen LogP contribution in [0.2, 0.25) is 0 Å². The minimum Gasteiger partial charge on any atom is -0.261 e. The minimum atomic E-state index is -2.13. The molecule has 1 heterocycles. The van der Waals surface area contributed by atoms with Crippen molar-refractivity contribution in [3.8, 4) is 0 Å². The van der Waals surface area contributed by atoms with Crippen molar-refractivity contribution >= 4 is 15.7 Å². The van der Waals surface area contributed by atoms with E-state index in [9.17, 15) is 4.21 Å². The molecule has 0 aliphatic rings. The van der Waals surface area contributed by atoms with Crippen molar-refractivity contribution in [2.45, 2.75) is 6.92 Å². The fraction of sp³-hybridized carbons (Fsp3) is 0.600. The van der Waals surface area contributed by atoms with Crippen LogP contribution in [0.5, 0.6) is 0 Å². The van der Waals surface area contributed by atoms with Crippen molar-refractivity contribution in [1.82, 2.24) is 15.2 Å². The van der Waals surface area contributed by atoms with Crippen LogP contribution in [0.25, 0.3) is 0 Å². The summed E-state index contributed by atoms with van der Waals surface area (Å²) in [6.45, 7) is 1.76. The Bertz CT molecular complexity index is 352. The highest BCUT2D eigenvalue weighted by molar-refractivity contribution is 7.92. The third-order valence-corrected chi connectivity index (χ3v) is 1.49. The molecule has 0 radical (unpaired) electrons. The Hall–Kier alpha value is -0.910. The average molecular weight is 174 g/mol. The van der Waals surface area contributed by atoms with Crippen LogP contribution in [0.15, 0.2) is 4.36 Å². The smallest absolute Gasteiger partial charge is 0.261 e. The van der Waals surface area contributed by atoms with E-state index in [2.05, 4.69) is 19.5 Å². The van der Waals surface area contributed by atoms with E-state index in [-0.39, 0.29) is 5.95 Å². The van der Waals surface area contributed by atoms with Crippen molar-refractivity contribution in [3.05, 3.63) is 5.82 Å². The van der Waals surface area contributed by atoms with Gasteiger partial charge in [0.2, 0.25) is 0 Å². The minimum absolute atomic E-state index is 0.262. The lowest BCUT2D eigenvalue weighted by Crippen LogP contribution is -1.89. The van der Waals surface area contributed by atoms with E-state index in [1.54, 1.807) is 19.4 Å². The number of aromatic amines is 1. The summed E-state index contributed by atoms with van der Waals surface area (Å²) in [4.78, 5) is 3.88. The molecule has 1 aromatic heterocycles. The number of aryl methyl sites for hydroxylation is 1. The fourth-order valence-electron chi connectivity index (χ4n) is 0.568. The first-order chi connectivity index (χ1) is 4.97. The van der Waals surface area contributed by atoms with E-state index in [1.165, 1.54) is 0 Å². The van der Waals surface area contributed by atoms with Gasteiger partial charge in [-0.25, -0.2) is 4.21 Å². The van der Waals surface area contributed by atoms with Crippen LogP contribution in [0.1, 0.15) is 5.82 Å². The summed E-state index contributed by atoms with van der Waals surface area (Å²) in [5, 5.41) is 6.33. The zero-order valence-electron chi connectivity index (χ0n) is 6.66. The predicted molar refractivity (Wildman–Crippen MR) is 43.2 cm³/mol. The van der Waals surface area contributed by atoms with Gasteiger partial charge in [0.15, 0.2) is 0 Å². The van der Waals surface area contributed by atoms with Crippen molar-refractivity contribution in [1.29, 1.82) is 0 Å². The van der Waals surface area contributed by atoms with Crippen molar-refractivity contribution < 1.29 is 4.21 Å². The highest BCUT2D eigenvalue weighted by Gasteiger charge is 1.97. The quantitative estimate of drug-likeness (QED) is 0.672. The van der Waals surface area contributed by atoms with Gasteiger partial charge in [-0.05, 0) is 6.92 Å². The Kier molecular flexibility index (Phi) is 1.95. The molecule has 6 heteroatoms. The van der Waals surface area contributed by atoms with E-state index < -0.39 is 9.73 Å². The molecule has 0 fully saturated rings. The van der Waals surface area contributed by atoms with Gasteiger partial charge in [-0.15, -0.1) is 5.10 Å². The number of nitrogens with zero attached hydrogens (tertiary/aromatic N) is 3. The van der Waals surface area contributed by atoms with Gasteiger partial charge in [0, 0.05) is 22.2 Å². The lowest BCUT2D eigenvalue weighted by atomic mass is 10.8. The number of hydrogen-bond donors (Lipinski definition) is 1. The Morgan fingerprint density at radius 3 is 2.55 bits per heavy atom. The molecule has 0 saturated carbocycles. The Morgan fingerprint density at radius 2 is 2.18 bits per heavy atom. The van der Waals surface area contributed by atoms with Gasteiger partial charge in [0.05, 0.1) is 0 Å². The van der Waals surface area contributed by atoms with Gasteiger partial charge in [-0.3, -0.25) is 5.10 Å². The van der Waals surface area contributed by atoms with Crippen LogP contribution < -0.4 is 0 Å². The molecule has 11 heavy (non-hydrogen) atoms. The topological polar surface area (TPSA) is 71.0 Å². The van der Waals surface area contributed by atoms with E-state index in [1.807, 2.05) is 0 Å². The van der Waals surface area contributed by atoms with E-state index in [4.69, 9.17) is 0 Å². The lowest BCUT2D eigenvalue weighted by Gasteiger charge is -1.87. The first-order valence-electron chi connectivity index (χ1n) is 3.03. The predicted octanol–water partition coefficient (Wildman–Crippen LogP) is 0.472. The molecule has 0 amide bonds. The van der Waals surface area contributed by atoms with Crippen LogP contribution >= 0.6 is 0 Å². The molecule has 0 aromatic carbocycles. The van der Waals surface area contributed by atoms with Gasteiger partial charge in [0.1, 0.15) is 5.82 Å². The summed E-state index contributed by atoms with van der Waals surface area (Å²) in [5.74, 6) is 0.935. The summed E-state index contributed by atoms with van der Waals surface area (Å²) in [7, 11) is -2.13. The molecule has 0 aliphatic carbocycles. The molecular weight excluding hydrogens is 164 g/mol. The first-order valence-corrected chi connectivity index (χ1v) is 5.37. The molecule has 0 atom stereocenters. The van der Waals surface area contributed by atoms with Crippen LogP contribution in [0, 0.1) is 6.92 Å². The van der Waals surface area contributed by atoms with Gasteiger partial charge < -0.3 is 0 Å². The molecule has 1 N–H and O–H groups in total. The number of aromatic nitrogens is 3. The highest BCUT2D eigenvalue weighted by atomic mass is 32.2. The lowest BCUT2D eigenvalue weighted by molar-refractivity contribution is 0.684. The Morgan fingerprint density at radius 1 is 1.55 bits per heavy atom. The second-order valence-corrected chi connectivity index (χ2v) is 5.04. The molecule has 5 nitrogen and oxygen atoms in total. The highest BCUT2D eigenvalue weighted by Crippen LogP contribution is 2.04. The summed E-state index contributed by atoms with van der Waals surface area (Å²) in [6.07, 6.45) is 3.08. The SMILES string of the molecule is Cc1nc(N=S(C)(C)=O)n[nH]1. The van der Waals surface area contributed by atoms with Crippen LogP contribution in [-0.4, -0.2) is 31.9 Å². The fourth-order valence-corrected chi connectivity index (χ4v) is 1.04.